The molecule has 102 valence electrons. The molecular weight excluding hydrogens is 270 g/mol. The van der Waals surface area contributed by atoms with E-state index in [2.05, 4.69) is 0 Å². The Kier molecular flexibility index (Phi) is 4.11. The van der Waals surface area contributed by atoms with Gasteiger partial charge in [0.1, 0.15) is 4.21 Å². The van der Waals surface area contributed by atoms with Crippen LogP contribution in [0.25, 0.3) is 0 Å². The fourth-order valence-corrected chi connectivity index (χ4v) is 4.90. The number of hydrogen-bond acceptors (Lipinski definition) is 4. The van der Waals surface area contributed by atoms with Gasteiger partial charge in [-0.3, -0.25) is 0 Å². The van der Waals surface area contributed by atoms with Gasteiger partial charge in [-0.25, -0.2) is 8.42 Å². The average molecular weight is 289 g/mol. The van der Waals surface area contributed by atoms with E-state index in [0.717, 1.165) is 24.2 Å². The Morgan fingerprint density at radius 2 is 2.11 bits per heavy atom. The fourth-order valence-electron chi connectivity index (χ4n) is 1.84. The van der Waals surface area contributed by atoms with E-state index in [4.69, 9.17) is 5.11 Å². The molecule has 0 spiro atoms. The Hall–Kier alpha value is -0.430. The van der Waals surface area contributed by atoms with Crippen LogP contribution in [0.1, 0.15) is 31.6 Å². The summed E-state index contributed by atoms with van der Waals surface area (Å²) in [5, 5.41) is 9.02. The third kappa shape index (κ3) is 2.93. The molecule has 1 aromatic heterocycles. The minimum absolute atomic E-state index is 0.0322. The van der Waals surface area contributed by atoms with E-state index in [-0.39, 0.29) is 12.6 Å². The molecule has 0 radical (unpaired) electrons. The van der Waals surface area contributed by atoms with E-state index in [1.807, 2.05) is 13.8 Å². The van der Waals surface area contributed by atoms with Crippen molar-refractivity contribution in [3.63, 3.8) is 0 Å². The first-order valence-electron chi connectivity index (χ1n) is 6.16. The van der Waals surface area contributed by atoms with Crippen LogP contribution in [0.5, 0.6) is 0 Å². The van der Waals surface area contributed by atoms with Gasteiger partial charge < -0.3 is 5.11 Å². The zero-order valence-electron chi connectivity index (χ0n) is 10.7. The van der Waals surface area contributed by atoms with Crippen molar-refractivity contribution in [1.29, 1.82) is 0 Å². The van der Waals surface area contributed by atoms with Gasteiger partial charge in [-0.1, -0.05) is 0 Å². The number of aliphatic hydroxyl groups is 1. The second-order valence-electron chi connectivity index (χ2n) is 4.99. The topological polar surface area (TPSA) is 57.6 Å². The van der Waals surface area contributed by atoms with Gasteiger partial charge in [-0.05, 0) is 44.7 Å². The summed E-state index contributed by atoms with van der Waals surface area (Å²) in [5.41, 5.74) is 0. The first-order chi connectivity index (χ1) is 8.45. The van der Waals surface area contributed by atoms with Gasteiger partial charge in [-0.2, -0.15) is 4.31 Å². The molecular formula is C12H19NO3S2. The van der Waals surface area contributed by atoms with Gasteiger partial charge in [0, 0.05) is 17.5 Å². The minimum atomic E-state index is -3.40. The number of sulfonamides is 1. The highest BCUT2D eigenvalue weighted by atomic mass is 32.2. The molecule has 4 nitrogen and oxygen atoms in total. The van der Waals surface area contributed by atoms with Crippen molar-refractivity contribution in [1.82, 2.24) is 4.31 Å². The van der Waals surface area contributed by atoms with E-state index < -0.39 is 10.0 Å². The standard InChI is InChI=1S/C12H19NO3S2/c1-9(2)13(7-10-3-4-10)18(15,16)12-6-5-11(8-14)17-12/h5-6,9-10,14H,3-4,7-8H2,1-2H3. The van der Waals surface area contributed by atoms with Crippen molar-refractivity contribution in [3.05, 3.63) is 17.0 Å². The van der Waals surface area contributed by atoms with Crippen LogP contribution in [0.15, 0.2) is 16.3 Å². The van der Waals surface area contributed by atoms with Crippen LogP contribution in [0.3, 0.4) is 0 Å². The predicted molar refractivity (Wildman–Crippen MR) is 72.0 cm³/mol. The van der Waals surface area contributed by atoms with Crippen LogP contribution >= 0.6 is 11.3 Å². The second-order valence-corrected chi connectivity index (χ2v) is 8.28. The average Bonchev–Trinajstić information content (AvgIpc) is 2.99. The molecule has 1 aromatic rings. The Morgan fingerprint density at radius 1 is 1.44 bits per heavy atom. The molecule has 1 fully saturated rings. The number of aliphatic hydroxyl groups excluding tert-OH is 1. The molecule has 0 bridgehead atoms. The maximum absolute atomic E-state index is 12.5. The molecule has 0 saturated heterocycles. The monoisotopic (exact) mass is 289 g/mol. The largest absolute Gasteiger partial charge is 0.391 e. The van der Waals surface area contributed by atoms with Crippen LogP contribution in [0.4, 0.5) is 0 Å². The van der Waals surface area contributed by atoms with Crippen molar-refractivity contribution in [3.8, 4) is 0 Å². The van der Waals surface area contributed by atoms with Crippen molar-refractivity contribution in [2.75, 3.05) is 6.54 Å². The normalized spacial score (nSPS) is 16.7. The highest BCUT2D eigenvalue weighted by Gasteiger charge is 2.34. The van der Waals surface area contributed by atoms with Crippen molar-refractivity contribution >= 4 is 21.4 Å². The van der Waals surface area contributed by atoms with Crippen LogP contribution < -0.4 is 0 Å². The number of hydrogen-bond donors (Lipinski definition) is 1. The van der Waals surface area contributed by atoms with Crippen LogP contribution in [0, 0.1) is 5.92 Å². The molecule has 0 atom stereocenters. The lowest BCUT2D eigenvalue weighted by Gasteiger charge is -2.25. The first kappa shape index (κ1) is 14.0. The molecule has 0 amide bonds. The number of rotatable bonds is 6. The molecule has 6 heteroatoms. The summed E-state index contributed by atoms with van der Waals surface area (Å²) in [6, 6.07) is 3.23. The summed E-state index contributed by atoms with van der Waals surface area (Å²) in [4.78, 5) is 0.684. The number of thiophene rings is 1. The van der Waals surface area contributed by atoms with Crippen LogP contribution in [0.2, 0.25) is 0 Å². The summed E-state index contributed by atoms with van der Waals surface area (Å²) in [6.07, 6.45) is 2.26. The van der Waals surface area contributed by atoms with Gasteiger partial charge in [-0.15, -0.1) is 11.3 Å². The molecule has 0 aromatic carbocycles. The number of nitrogens with zero attached hydrogens (tertiary/aromatic N) is 1. The molecule has 2 rings (SSSR count). The highest BCUT2D eigenvalue weighted by Crippen LogP contribution is 2.33. The van der Waals surface area contributed by atoms with Crippen molar-refractivity contribution in [2.24, 2.45) is 5.92 Å². The van der Waals surface area contributed by atoms with Crippen molar-refractivity contribution < 1.29 is 13.5 Å². The summed E-state index contributed by atoms with van der Waals surface area (Å²) in [6.45, 7) is 4.32. The Labute approximate surface area is 112 Å². The SMILES string of the molecule is CC(C)N(CC1CC1)S(=O)(=O)c1ccc(CO)s1. The van der Waals surface area contributed by atoms with Crippen LogP contribution in [-0.2, 0) is 16.6 Å². The maximum atomic E-state index is 12.5. The predicted octanol–water partition coefficient (Wildman–Crippen LogP) is 2.05. The zero-order valence-corrected chi connectivity index (χ0v) is 12.3. The third-order valence-electron chi connectivity index (χ3n) is 3.07. The van der Waals surface area contributed by atoms with E-state index in [9.17, 15) is 8.42 Å². The smallest absolute Gasteiger partial charge is 0.252 e. The summed E-state index contributed by atoms with van der Waals surface area (Å²) in [5.74, 6) is 0.527. The molecule has 1 N–H and O–H groups in total. The quantitative estimate of drug-likeness (QED) is 0.872. The molecule has 1 aliphatic carbocycles. The van der Waals surface area contributed by atoms with Gasteiger partial charge in [0.2, 0.25) is 0 Å². The van der Waals surface area contributed by atoms with E-state index in [1.54, 1.807) is 16.4 Å². The van der Waals surface area contributed by atoms with Gasteiger partial charge in [0.25, 0.3) is 10.0 Å². The van der Waals surface area contributed by atoms with E-state index in [1.165, 1.54) is 0 Å². The van der Waals surface area contributed by atoms with E-state index >= 15 is 0 Å². The third-order valence-corrected chi connectivity index (χ3v) is 6.65. The lowest BCUT2D eigenvalue weighted by molar-refractivity contribution is 0.285. The van der Waals surface area contributed by atoms with E-state index in [0.29, 0.717) is 21.5 Å². The maximum Gasteiger partial charge on any atom is 0.252 e. The molecule has 0 unspecified atom stereocenters. The second kappa shape index (κ2) is 5.28. The minimum Gasteiger partial charge on any atom is -0.391 e. The Balaban J connectivity index is 2.25. The highest BCUT2D eigenvalue weighted by molar-refractivity contribution is 7.91. The molecule has 18 heavy (non-hydrogen) atoms. The summed E-state index contributed by atoms with van der Waals surface area (Å²) >= 11 is 1.15. The van der Waals surface area contributed by atoms with Gasteiger partial charge in [0.15, 0.2) is 0 Å². The molecule has 1 heterocycles. The summed E-state index contributed by atoms with van der Waals surface area (Å²) < 4.78 is 27.0. The lowest BCUT2D eigenvalue weighted by atomic mass is 10.3. The first-order valence-corrected chi connectivity index (χ1v) is 8.42. The lowest BCUT2D eigenvalue weighted by Crippen LogP contribution is -2.38. The Morgan fingerprint density at radius 3 is 2.56 bits per heavy atom. The fraction of sp³-hybridized carbons (Fsp3) is 0.667. The summed E-state index contributed by atoms with van der Waals surface area (Å²) in [7, 11) is -3.40. The Bertz CT molecular complexity index is 503. The van der Waals surface area contributed by atoms with Gasteiger partial charge in [0.05, 0.1) is 6.61 Å². The van der Waals surface area contributed by atoms with Crippen LogP contribution in [-0.4, -0.2) is 30.4 Å². The molecule has 0 aliphatic heterocycles. The van der Waals surface area contributed by atoms with Gasteiger partial charge >= 0.3 is 0 Å². The van der Waals surface area contributed by atoms with Crippen molar-refractivity contribution in [2.45, 2.75) is 43.5 Å². The zero-order chi connectivity index (χ0) is 13.3. The molecule has 1 aliphatic rings. The molecule has 1 saturated carbocycles.